The molecule has 0 saturated heterocycles. The summed E-state index contributed by atoms with van der Waals surface area (Å²) in [6, 6.07) is 12.7. The van der Waals surface area contributed by atoms with Gasteiger partial charge in [0, 0.05) is 22.9 Å². The second-order valence-corrected chi connectivity index (χ2v) is 9.23. The summed E-state index contributed by atoms with van der Waals surface area (Å²) in [5, 5.41) is 3.39. The van der Waals surface area contributed by atoms with Crippen molar-refractivity contribution < 1.29 is 13.2 Å². The molecule has 146 valence electrons. The van der Waals surface area contributed by atoms with Crippen molar-refractivity contribution in [2.75, 3.05) is 28.7 Å². The molecular formula is C19H23ClN2O3S2. The topological polar surface area (TPSA) is 66.5 Å². The van der Waals surface area contributed by atoms with Crippen LogP contribution in [-0.4, -0.2) is 33.4 Å². The van der Waals surface area contributed by atoms with Crippen molar-refractivity contribution in [2.45, 2.75) is 24.7 Å². The normalized spacial score (nSPS) is 11.3. The van der Waals surface area contributed by atoms with Gasteiger partial charge in [-0.1, -0.05) is 29.8 Å². The number of hydrogen-bond acceptors (Lipinski definition) is 4. The SMILES string of the molecule is CSc1ccccc1NC(=O)CCCN(c1cccc(Cl)c1C)S(C)(=O)=O. The zero-order chi connectivity index (χ0) is 20.0. The van der Waals surface area contributed by atoms with E-state index in [9.17, 15) is 13.2 Å². The van der Waals surface area contributed by atoms with Crippen molar-refractivity contribution in [2.24, 2.45) is 0 Å². The maximum absolute atomic E-state index is 12.3. The number of nitrogens with zero attached hydrogens (tertiary/aromatic N) is 1. The Hall–Kier alpha value is -1.70. The molecule has 2 aromatic carbocycles. The molecule has 0 bridgehead atoms. The Balaban J connectivity index is 2.04. The molecule has 0 atom stereocenters. The van der Waals surface area contributed by atoms with Gasteiger partial charge < -0.3 is 5.32 Å². The Morgan fingerprint density at radius 2 is 1.89 bits per heavy atom. The molecule has 0 radical (unpaired) electrons. The zero-order valence-electron chi connectivity index (χ0n) is 15.5. The van der Waals surface area contributed by atoms with Crippen LogP contribution in [-0.2, 0) is 14.8 Å². The van der Waals surface area contributed by atoms with Crippen LogP contribution < -0.4 is 9.62 Å². The molecular weight excluding hydrogens is 404 g/mol. The van der Waals surface area contributed by atoms with Crippen LogP contribution in [0.5, 0.6) is 0 Å². The Bertz CT molecular complexity index is 917. The molecule has 0 aliphatic rings. The summed E-state index contributed by atoms with van der Waals surface area (Å²) in [4.78, 5) is 13.2. The van der Waals surface area contributed by atoms with Crippen LogP contribution in [0.1, 0.15) is 18.4 Å². The average molecular weight is 427 g/mol. The highest BCUT2D eigenvalue weighted by Crippen LogP contribution is 2.28. The number of amides is 1. The molecule has 27 heavy (non-hydrogen) atoms. The molecule has 2 aromatic rings. The molecule has 0 aromatic heterocycles. The van der Waals surface area contributed by atoms with Gasteiger partial charge in [-0.3, -0.25) is 9.10 Å². The van der Waals surface area contributed by atoms with Gasteiger partial charge in [-0.05, 0) is 49.4 Å². The number of para-hydroxylation sites is 1. The van der Waals surface area contributed by atoms with Crippen molar-refractivity contribution in [3.05, 3.63) is 53.1 Å². The highest BCUT2D eigenvalue weighted by Gasteiger charge is 2.20. The maximum atomic E-state index is 12.3. The van der Waals surface area contributed by atoms with Crippen molar-refractivity contribution >= 4 is 50.7 Å². The summed E-state index contributed by atoms with van der Waals surface area (Å²) >= 11 is 7.68. The smallest absolute Gasteiger partial charge is 0.232 e. The lowest BCUT2D eigenvalue weighted by Gasteiger charge is -2.24. The van der Waals surface area contributed by atoms with E-state index >= 15 is 0 Å². The lowest BCUT2D eigenvalue weighted by Crippen LogP contribution is -2.32. The van der Waals surface area contributed by atoms with Crippen molar-refractivity contribution in [1.29, 1.82) is 0 Å². The summed E-state index contributed by atoms with van der Waals surface area (Å²) in [5.41, 5.74) is 2.00. The molecule has 5 nitrogen and oxygen atoms in total. The quantitative estimate of drug-likeness (QED) is 0.628. The number of benzene rings is 2. The minimum Gasteiger partial charge on any atom is -0.325 e. The number of carbonyl (C=O) groups excluding carboxylic acids is 1. The summed E-state index contributed by atoms with van der Waals surface area (Å²) in [6.07, 6.45) is 3.71. The third-order valence-corrected chi connectivity index (χ3v) is 6.44. The van der Waals surface area contributed by atoms with E-state index in [2.05, 4.69) is 5.32 Å². The number of carbonyl (C=O) groups is 1. The van der Waals surface area contributed by atoms with E-state index in [1.165, 1.54) is 4.31 Å². The fourth-order valence-electron chi connectivity index (χ4n) is 2.68. The largest absolute Gasteiger partial charge is 0.325 e. The van der Waals surface area contributed by atoms with E-state index in [1.54, 1.807) is 36.9 Å². The Labute approximate surface area is 170 Å². The molecule has 0 fully saturated rings. The molecule has 1 N–H and O–H groups in total. The number of thioether (sulfide) groups is 1. The summed E-state index contributed by atoms with van der Waals surface area (Å²) in [6.45, 7) is 1.99. The third-order valence-electron chi connectivity index (χ3n) is 4.05. The first-order valence-corrected chi connectivity index (χ1v) is 11.8. The Morgan fingerprint density at radius 1 is 1.19 bits per heavy atom. The number of rotatable bonds is 8. The number of anilines is 2. The minimum atomic E-state index is -3.49. The average Bonchev–Trinajstić information content (AvgIpc) is 2.61. The van der Waals surface area contributed by atoms with Gasteiger partial charge >= 0.3 is 0 Å². The van der Waals surface area contributed by atoms with Crippen LogP contribution in [0, 0.1) is 6.92 Å². The van der Waals surface area contributed by atoms with Crippen LogP contribution in [0.25, 0.3) is 0 Å². The second-order valence-electron chi connectivity index (χ2n) is 6.07. The molecule has 0 spiro atoms. The van der Waals surface area contributed by atoms with Crippen LogP contribution in [0.3, 0.4) is 0 Å². The molecule has 0 saturated carbocycles. The molecule has 0 heterocycles. The third kappa shape index (κ3) is 5.89. The van der Waals surface area contributed by atoms with Gasteiger partial charge in [0.25, 0.3) is 0 Å². The number of hydrogen-bond donors (Lipinski definition) is 1. The molecule has 8 heteroatoms. The minimum absolute atomic E-state index is 0.146. The van der Waals surface area contributed by atoms with Crippen LogP contribution in [0.2, 0.25) is 5.02 Å². The van der Waals surface area contributed by atoms with Gasteiger partial charge in [0.2, 0.25) is 15.9 Å². The maximum Gasteiger partial charge on any atom is 0.232 e. The van der Waals surface area contributed by atoms with Gasteiger partial charge in [-0.25, -0.2) is 8.42 Å². The first-order valence-electron chi connectivity index (χ1n) is 8.39. The highest BCUT2D eigenvalue weighted by molar-refractivity contribution is 7.98. The van der Waals surface area contributed by atoms with Gasteiger partial charge in [-0.15, -0.1) is 11.8 Å². The molecule has 0 unspecified atom stereocenters. The van der Waals surface area contributed by atoms with Crippen LogP contribution >= 0.6 is 23.4 Å². The highest BCUT2D eigenvalue weighted by atomic mass is 35.5. The van der Waals surface area contributed by atoms with E-state index in [1.807, 2.05) is 30.5 Å². The molecule has 2 rings (SSSR count). The number of sulfonamides is 1. The standard InChI is InChI=1S/C19H23ClN2O3S2/c1-14-15(20)8-6-10-17(14)22(27(3,24)25)13-7-12-19(23)21-16-9-4-5-11-18(16)26-2/h4-6,8-11H,7,12-13H2,1-3H3,(H,21,23). The van der Waals surface area contributed by atoms with Crippen LogP contribution in [0.15, 0.2) is 47.4 Å². The van der Waals surface area contributed by atoms with Gasteiger partial charge in [0.05, 0.1) is 17.6 Å². The lowest BCUT2D eigenvalue weighted by molar-refractivity contribution is -0.116. The number of halogens is 1. The van der Waals surface area contributed by atoms with E-state index in [4.69, 9.17) is 11.6 Å². The Morgan fingerprint density at radius 3 is 2.56 bits per heavy atom. The van der Waals surface area contributed by atoms with Crippen molar-refractivity contribution in [1.82, 2.24) is 0 Å². The van der Waals surface area contributed by atoms with Gasteiger partial charge in [-0.2, -0.15) is 0 Å². The van der Waals surface area contributed by atoms with Crippen molar-refractivity contribution in [3.8, 4) is 0 Å². The second kappa shape index (κ2) is 9.48. The van der Waals surface area contributed by atoms with E-state index in [-0.39, 0.29) is 18.9 Å². The van der Waals surface area contributed by atoms with E-state index in [0.29, 0.717) is 22.7 Å². The fraction of sp³-hybridized carbons (Fsp3) is 0.316. The summed E-state index contributed by atoms with van der Waals surface area (Å²) < 4.78 is 25.8. The molecule has 1 amide bonds. The lowest BCUT2D eigenvalue weighted by atomic mass is 10.2. The zero-order valence-corrected chi connectivity index (χ0v) is 17.9. The molecule has 0 aliphatic heterocycles. The monoisotopic (exact) mass is 426 g/mol. The first kappa shape index (κ1) is 21.6. The Kier molecular flexibility index (Phi) is 7.59. The fourth-order valence-corrected chi connectivity index (χ4v) is 4.41. The summed E-state index contributed by atoms with van der Waals surface area (Å²) in [7, 11) is -3.49. The van der Waals surface area contributed by atoms with Crippen molar-refractivity contribution in [3.63, 3.8) is 0 Å². The van der Waals surface area contributed by atoms with Crippen LogP contribution in [0.4, 0.5) is 11.4 Å². The van der Waals surface area contributed by atoms with Gasteiger partial charge in [0.1, 0.15) is 0 Å². The van der Waals surface area contributed by atoms with E-state index < -0.39 is 10.0 Å². The first-order chi connectivity index (χ1) is 12.7. The predicted molar refractivity (Wildman–Crippen MR) is 114 cm³/mol. The molecule has 0 aliphatic carbocycles. The summed E-state index contributed by atoms with van der Waals surface area (Å²) in [5.74, 6) is -0.146. The predicted octanol–water partition coefficient (Wildman–Crippen LogP) is 4.56. The van der Waals surface area contributed by atoms with Gasteiger partial charge in [0.15, 0.2) is 0 Å². The van der Waals surface area contributed by atoms with E-state index in [0.717, 1.165) is 16.8 Å². The number of nitrogens with one attached hydrogen (secondary N) is 1.